The average Bonchev–Trinajstić information content (AvgIpc) is 2.77. The molecule has 11 heavy (non-hydrogen) atoms. The molecule has 0 aromatic rings. The molecule has 3 heteroatoms. The van der Waals surface area contributed by atoms with E-state index in [0.29, 0.717) is 11.8 Å². The molecule has 2 rings (SSSR count). The largest absolute Gasteiger partial charge is 0.385 e. The number of rotatable bonds is 1. The number of amidine groups is 1. The third-order valence-electron chi connectivity index (χ3n) is 3.15. The summed E-state index contributed by atoms with van der Waals surface area (Å²) >= 11 is 0. The minimum absolute atomic E-state index is 0.544. The minimum Gasteiger partial charge on any atom is -0.385 e. The van der Waals surface area contributed by atoms with E-state index in [1.54, 1.807) is 0 Å². The number of hydrogen-bond donors (Lipinski definition) is 2. The Kier molecular flexibility index (Phi) is 1.51. The molecule has 2 aliphatic carbocycles. The second-order valence-corrected chi connectivity index (χ2v) is 3.69. The summed E-state index contributed by atoms with van der Waals surface area (Å²) in [6.07, 6.45) is 5.42. The first kappa shape index (κ1) is 6.95. The molecule has 0 saturated heterocycles. The second-order valence-electron chi connectivity index (χ2n) is 3.69. The maximum absolute atomic E-state index is 5.66. The number of nitrogens with two attached hydrogens (primary N) is 2. The van der Waals surface area contributed by atoms with Gasteiger partial charge in [-0.15, -0.1) is 0 Å². The summed E-state index contributed by atoms with van der Waals surface area (Å²) in [7, 11) is 0. The van der Waals surface area contributed by atoms with Crippen molar-refractivity contribution in [2.24, 2.45) is 34.4 Å². The van der Waals surface area contributed by atoms with E-state index in [9.17, 15) is 0 Å². The fourth-order valence-corrected chi connectivity index (χ4v) is 2.52. The molecule has 2 aliphatic rings. The van der Waals surface area contributed by atoms with Crippen LogP contribution < -0.4 is 11.6 Å². The summed E-state index contributed by atoms with van der Waals surface area (Å²) in [5.74, 6) is 8.02. The van der Waals surface area contributed by atoms with Crippen LogP contribution in [-0.2, 0) is 0 Å². The highest BCUT2D eigenvalue weighted by Crippen LogP contribution is 2.55. The van der Waals surface area contributed by atoms with Crippen molar-refractivity contribution >= 4 is 5.84 Å². The number of hydrazone groups is 1. The quantitative estimate of drug-likeness (QED) is 0.251. The Balaban J connectivity index is 2.00. The zero-order chi connectivity index (χ0) is 7.84. The Morgan fingerprint density at radius 3 is 2.18 bits per heavy atom. The lowest BCUT2D eigenvalue weighted by molar-refractivity contribution is 0.480. The van der Waals surface area contributed by atoms with Gasteiger partial charge in [0, 0.05) is 5.92 Å². The Morgan fingerprint density at radius 2 is 1.73 bits per heavy atom. The van der Waals surface area contributed by atoms with Gasteiger partial charge >= 0.3 is 0 Å². The molecule has 0 bridgehead atoms. The van der Waals surface area contributed by atoms with Crippen molar-refractivity contribution in [1.82, 2.24) is 0 Å². The summed E-state index contributed by atoms with van der Waals surface area (Å²) in [5.41, 5.74) is 5.66. The van der Waals surface area contributed by atoms with Gasteiger partial charge in [-0.2, -0.15) is 5.10 Å². The first-order valence-corrected chi connectivity index (χ1v) is 4.38. The van der Waals surface area contributed by atoms with Gasteiger partial charge in [0.2, 0.25) is 0 Å². The Hall–Kier alpha value is -0.730. The van der Waals surface area contributed by atoms with E-state index in [1.807, 2.05) is 0 Å². The van der Waals surface area contributed by atoms with Gasteiger partial charge in [0.25, 0.3) is 0 Å². The number of fused-ring (bicyclic) bond motifs is 1. The Bertz CT molecular complexity index is 176. The molecular weight excluding hydrogens is 138 g/mol. The van der Waals surface area contributed by atoms with Crippen LogP contribution in [0.25, 0.3) is 0 Å². The first-order chi connectivity index (χ1) is 5.34. The lowest BCUT2D eigenvalue weighted by Crippen LogP contribution is -2.18. The van der Waals surface area contributed by atoms with Gasteiger partial charge in [-0.05, 0) is 24.7 Å². The Labute approximate surface area is 66.8 Å². The van der Waals surface area contributed by atoms with Crippen LogP contribution in [0.4, 0.5) is 0 Å². The van der Waals surface area contributed by atoms with Crippen LogP contribution in [-0.4, -0.2) is 5.84 Å². The van der Waals surface area contributed by atoms with Crippen LogP contribution in [0.5, 0.6) is 0 Å². The summed E-state index contributed by atoms with van der Waals surface area (Å²) in [4.78, 5) is 0. The van der Waals surface area contributed by atoms with Crippen LogP contribution in [0, 0.1) is 17.8 Å². The van der Waals surface area contributed by atoms with Gasteiger partial charge in [-0.25, -0.2) is 0 Å². The van der Waals surface area contributed by atoms with E-state index in [1.165, 1.54) is 25.7 Å². The molecule has 0 radical (unpaired) electrons. The lowest BCUT2D eigenvalue weighted by Gasteiger charge is -2.04. The molecular formula is C8H15N3. The van der Waals surface area contributed by atoms with Crippen molar-refractivity contribution in [2.75, 3.05) is 0 Å². The summed E-state index contributed by atoms with van der Waals surface area (Å²) in [6, 6.07) is 0. The SMILES string of the molecule is NN=C(N)C1C2CCCCC21. The zero-order valence-electron chi connectivity index (χ0n) is 6.66. The zero-order valence-corrected chi connectivity index (χ0v) is 6.66. The standard InChI is InChI=1S/C8H15N3/c9-8(11-10)7-5-3-1-2-4-6(5)7/h5-7H,1-4,10H2,(H2,9,11). The van der Waals surface area contributed by atoms with Crippen molar-refractivity contribution in [3.05, 3.63) is 0 Å². The smallest absolute Gasteiger partial charge is 0.123 e. The number of nitrogens with zero attached hydrogens (tertiary/aromatic N) is 1. The van der Waals surface area contributed by atoms with E-state index < -0.39 is 0 Å². The van der Waals surface area contributed by atoms with Crippen LogP contribution in [0.1, 0.15) is 25.7 Å². The highest BCUT2D eigenvalue weighted by atomic mass is 15.2. The van der Waals surface area contributed by atoms with Gasteiger partial charge in [-0.1, -0.05) is 12.8 Å². The van der Waals surface area contributed by atoms with E-state index in [0.717, 1.165) is 11.8 Å². The highest BCUT2D eigenvalue weighted by Gasteiger charge is 2.52. The predicted molar refractivity (Wildman–Crippen MR) is 44.7 cm³/mol. The first-order valence-electron chi connectivity index (χ1n) is 4.38. The molecule has 0 heterocycles. The van der Waals surface area contributed by atoms with Crippen molar-refractivity contribution in [2.45, 2.75) is 25.7 Å². The van der Waals surface area contributed by atoms with Crippen LogP contribution in [0.2, 0.25) is 0 Å². The van der Waals surface area contributed by atoms with Crippen molar-refractivity contribution in [1.29, 1.82) is 0 Å². The topological polar surface area (TPSA) is 64.4 Å². The molecule has 0 spiro atoms. The third kappa shape index (κ3) is 0.988. The minimum atomic E-state index is 0.544. The molecule has 3 nitrogen and oxygen atoms in total. The summed E-state index contributed by atoms with van der Waals surface area (Å²) < 4.78 is 0. The van der Waals surface area contributed by atoms with Gasteiger partial charge in [0.05, 0.1) is 0 Å². The summed E-state index contributed by atoms with van der Waals surface area (Å²) in [6.45, 7) is 0. The van der Waals surface area contributed by atoms with E-state index >= 15 is 0 Å². The highest BCUT2D eigenvalue weighted by molar-refractivity contribution is 5.85. The Morgan fingerprint density at radius 1 is 1.18 bits per heavy atom. The second kappa shape index (κ2) is 2.40. The fourth-order valence-electron chi connectivity index (χ4n) is 2.52. The van der Waals surface area contributed by atoms with Gasteiger partial charge in [0.1, 0.15) is 5.84 Å². The van der Waals surface area contributed by atoms with Crippen molar-refractivity contribution < 1.29 is 0 Å². The maximum Gasteiger partial charge on any atom is 0.123 e. The van der Waals surface area contributed by atoms with Crippen molar-refractivity contribution in [3.8, 4) is 0 Å². The molecule has 2 unspecified atom stereocenters. The molecule has 0 amide bonds. The summed E-state index contributed by atoms with van der Waals surface area (Å²) in [5, 5.41) is 3.57. The molecule has 0 aromatic heterocycles. The fraction of sp³-hybridized carbons (Fsp3) is 0.875. The van der Waals surface area contributed by atoms with Crippen LogP contribution in [0.15, 0.2) is 5.10 Å². The van der Waals surface area contributed by atoms with E-state index in [-0.39, 0.29) is 0 Å². The lowest BCUT2D eigenvalue weighted by atomic mass is 10.0. The molecule has 2 saturated carbocycles. The van der Waals surface area contributed by atoms with Crippen LogP contribution >= 0.6 is 0 Å². The predicted octanol–water partition coefficient (Wildman–Crippen LogP) is 0.653. The van der Waals surface area contributed by atoms with E-state index in [4.69, 9.17) is 11.6 Å². The van der Waals surface area contributed by atoms with Gasteiger partial charge < -0.3 is 11.6 Å². The molecule has 0 aromatic carbocycles. The molecule has 62 valence electrons. The number of hydrogen-bond acceptors (Lipinski definition) is 2. The van der Waals surface area contributed by atoms with E-state index in [2.05, 4.69) is 5.10 Å². The molecule has 2 fully saturated rings. The van der Waals surface area contributed by atoms with Gasteiger partial charge in [-0.3, -0.25) is 0 Å². The van der Waals surface area contributed by atoms with Crippen molar-refractivity contribution in [3.63, 3.8) is 0 Å². The van der Waals surface area contributed by atoms with Gasteiger partial charge in [0.15, 0.2) is 0 Å². The molecule has 0 aliphatic heterocycles. The molecule has 2 atom stereocenters. The monoisotopic (exact) mass is 153 g/mol. The third-order valence-corrected chi connectivity index (χ3v) is 3.15. The average molecular weight is 153 g/mol. The normalized spacial score (nSPS) is 43.3. The van der Waals surface area contributed by atoms with Crippen LogP contribution in [0.3, 0.4) is 0 Å². The maximum atomic E-state index is 5.66. The molecule has 4 N–H and O–H groups in total.